The van der Waals surface area contributed by atoms with E-state index < -0.39 is 5.97 Å². The number of nitrogens with zero attached hydrogens (tertiary/aromatic N) is 1. The minimum absolute atomic E-state index is 0.0536. The second-order valence-electron chi connectivity index (χ2n) is 7.29. The van der Waals surface area contributed by atoms with Crippen molar-refractivity contribution in [3.63, 3.8) is 0 Å². The van der Waals surface area contributed by atoms with Crippen LogP contribution in [0.25, 0.3) is 0 Å². The number of nitrogens with one attached hydrogen (secondary N) is 1. The molecule has 33 heavy (non-hydrogen) atoms. The quantitative estimate of drug-likeness (QED) is 0.394. The number of anilines is 1. The van der Waals surface area contributed by atoms with Crippen molar-refractivity contribution in [1.82, 2.24) is 4.90 Å². The summed E-state index contributed by atoms with van der Waals surface area (Å²) in [7, 11) is 0. The van der Waals surface area contributed by atoms with Crippen LogP contribution in [-0.2, 0) is 19.1 Å². The summed E-state index contributed by atoms with van der Waals surface area (Å²) in [5.41, 5.74) is 1.52. The monoisotopic (exact) mass is 472 g/mol. The Bertz CT molecular complexity index is 983. The lowest BCUT2D eigenvalue weighted by atomic mass is 10.1. The molecule has 0 radical (unpaired) electrons. The van der Waals surface area contributed by atoms with Crippen molar-refractivity contribution in [2.24, 2.45) is 0 Å². The summed E-state index contributed by atoms with van der Waals surface area (Å²) in [6, 6.07) is 14.6. The van der Waals surface area contributed by atoms with Gasteiger partial charge in [0.15, 0.2) is 6.61 Å². The Kier molecular flexibility index (Phi) is 9.00. The van der Waals surface area contributed by atoms with Crippen molar-refractivity contribution in [1.29, 1.82) is 0 Å². The number of rotatable bonds is 11. The fraction of sp³-hybridized carbons (Fsp3) is 0.375. The van der Waals surface area contributed by atoms with Crippen LogP contribution in [0.4, 0.5) is 5.69 Å². The molecular weight excluding hydrogens is 444 g/mol. The van der Waals surface area contributed by atoms with Crippen LogP contribution in [0.1, 0.15) is 31.2 Å². The molecule has 0 spiro atoms. The van der Waals surface area contributed by atoms with Gasteiger partial charge in [-0.25, -0.2) is 4.79 Å². The van der Waals surface area contributed by atoms with Crippen LogP contribution in [-0.4, -0.2) is 54.8 Å². The van der Waals surface area contributed by atoms with Crippen molar-refractivity contribution < 1.29 is 28.6 Å². The Labute approximate surface area is 197 Å². The van der Waals surface area contributed by atoms with Crippen molar-refractivity contribution in [3.8, 4) is 11.5 Å². The molecule has 0 aliphatic carbocycles. The second-order valence-corrected chi connectivity index (χ2v) is 8.36. The van der Waals surface area contributed by atoms with Crippen LogP contribution in [0.2, 0.25) is 0 Å². The number of esters is 1. The maximum absolute atomic E-state index is 12.5. The molecular formula is C24H28N2O6S. The van der Waals surface area contributed by atoms with E-state index in [1.54, 1.807) is 25.1 Å². The van der Waals surface area contributed by atoms with Gasteiger partial charge in [0.1, 0.15) is 16.9 Å². The number of carbonyl (C=O) groups excluding carboxylic acids is 3. The molecule has 1 N–H and O–H groups in total. The van der Waals surface area contributed by atoms with Crippen LogP contribution in [0, 0.1) is 0 Å². The smallest absolute Gasteiger partial charge is 0.344 e. The SMILES string of the molecule is CCOC(=O)COc1ccccc1C1SCC(=O)N1CCCOc1cccc(NC(C)=O)c1. The fourth-order valence-corrected chi connectivity index (χ4v) is 4.64. The fourth-order valence-electron chi connectivity index (χ4n) is 3.40. The average molecular weight is 473 g/mol. The highest BCUT2D eigenvalue weighted by Gasteiger charge is 2.34. The predicted molar refractivity (Wildman–Crippen MR) is 126 cm³/mol. The van der Waals surface area contributed by atoms with Gasteiger partial charge >= 0.3 is 5.97 Å². The van der Waals surface area contributed by atoms with Crippen LogP contribution >= 0.6 is 11.8 Å². The number of amides is 2. The highest BCUT2D eigenvalue weighted by molar-refractivity contribution is 8.00. The largest absolute Gasteiger partial charge is 0.493 e. The third kappa shape index (κ3) is 7.15. The van der Waals surface area contributed by atoms with Crippen LogP contribution in [0.15, 0.2) is 48.5 Å². The Hall–Kier alpha value is -3.20. The van der Waals surface area contributed by atoms with Gasteiger partial charge in [-0.15, -0.1) is 11.8 Å². The molecule has 0 saturated carbocycles. The minimum atomic E-state index is -0.431. The van der Waals surface area contributed by atoms with E-state index in [4.69, 9.17) is 14.2 Å². The van der Waals surface area contributed by atoms with E-state index in [2.05, 4.69) is 5.32 Å². The van der Waals surface area contributed by atoms with Gasteiger partial charge in [-0.3, -0.25) is 9.59 Å². The molecule has 1 fully saturated rings. The third-order valence-electron chi connectivity index (χ3n) is 4.77. The molecule has 1 aliphatic heterocycles. The number of para-hydroxylation sites is 1. The molecule has 2 amide bonds. The van der Waals surface area contributed by atoms with Gasteiger partial charge < -0.3 is 24.4 Å². The molecule has 0 bridgehead atoms. The lowest BCUT2D eigenvalue weighted by molar-refractivity contribution is -0.145. The number of thioether (sulfide) groups is 1. The van der Waals surface area contributed by atoms with E-state index >= 15 is 0 Å². The number of hydrogen-bond donors (Lipinski definition) is 1. The molecule has 2 aromatic rings. The Balaban J connectivity index is 1.57. The molecule has 1 unspecified atom stereocenters. The van der Waals surface area contributed by atoms with Crippen molar-refractivity contribution in [2.45, 2.75) is 25.6 Å². The highest BCUT2D eigenvalue weighted by atomic mass is 32.2. The van der Waals surface area contributed by atoms with Gasteiger partial charge in [-0.05, 0) is 31.5 Å². The topological polar surface area (TPSA) is 94.2 Å². The van der Waals surface area contributed by atoms with E-state index in [1.807, 2.05) is 35.2 Å². The van der Waals surface area contributed by atoms with Crippen LogP contribution in [0.3, 0.4) is 0 Å². The molecule has 1 aliphatic rings. The number of benzene rings is 2. The van der Waals surface area contributed by atoms with Gasteiger partial charge in [-0.2, -0.15) is 0 Å². The maximum atomic E-state index is 12.5. The molecule has 8 nitrogen and oxygen atoms in total. The van der Waals surface area contributed by atoms with E-state index in [0.717, 1.165) is 5.56 Å². The first-order valence-electron chi connectivity index (χ1n) is 10.8. The first-order chi connectivity index (χ1) is 16.0. The van der Waals surface area contributed by atoms with Crippen LogP contribution in [0.5, 0.6) is 11.5 Å². The van der Waals surface area contributed by atoms with E-state index in [0.29, 0.717) is 49.1 Å². The Morgan fingerprint density at radius 1 is 1.15 bits per heavy atom. The Morgan fingerprint density at radius 2 is 1.97 bits per heavy atom. The predicted octanol–water partition coefficient (Wildman–Crippen LogP) is 3.63. The highest BCUT2D eigenvalue weighted by Crippen LogP contribution is 2.42. The number of carbonyl (C=O) groups is 3. The molecule has 1 atom stereocenters. The van der Waals surface area contributed by atoms with Crippen molar-refractivity contribution >= 4 is 35.2 Å². The van der Waals surface area contributed by atoms with Gasteiger partial charge in [0.2, 0.25) is 11.8 Å². The molecule has 0 aromatic heterocycles. The molecule has 176 valence electrons. The van der Waals surface area contributed by atoms with Gasteiger partial charge in [0.25, 0.3) is 0 Å². The van der Waals surface area contributed by atoms with Crippen molar-refractivity contribution in [2.75, 3.05) is 37.4 Å². The normalized spacial score (nSPS) is 15.3. The summed E-state index contributed by atoms with van der Waals surface area (Å²) < 4.78 is 16.4. The zero-order valence-corrected chi connectivity index (χ0v) is 19.6. The number of ether oxygens (including phenoxy) is 3. The zero-order valence-electron chi connectivity index (χ0n) is 18.7. The second kappa shape index (κ2) is 12.2. The molecule has 1 saturated heterocycles. The van der Waals surface area contributed by atoms with Gasteiger partial charge in [0, 0.05) is 30.8 Å². The standard InChI is InChI=1S/C24H28N2O6S/c1-3-30-23(29)15-32-21-11-5-4-10-20(21)24-26(22(28)16-33-24)12-7-13-31-19-9-6-8-18(14-19)25-17(2)27/h4-6,8-11,14,24H,3,7,12-13,15-16H2,1-2H3,(H,25,27). The molecule has 3 rings (SSSR count). The minimum Gasteiger partial charge on any atom is -0.493 e. The summed E-state index contributed by atoms with van der Waals surface area (Å²) in [4.78, 5) is 37.2. The van der Waals surface area contributed by atoms with E-state index in [-0.39, 0.29) is 23.8 Å². The van der Waals surface area contributed by atoms with Gasteiger partial charge in [-0.1, -0.05) is 24.3 Å². The summed E-state index contributed by atoms with van der Waals surface area (Å²) >= 11 is 1.53. The summed E-state index contributed by atoms with van der Waals surface area (Å²) in [5, 5.41) is 2.53. The van der Waals surface area contributed by atoms with E-state index in [9.17, 15) is 14.4 Å². The first-order valence-corrected chi connectivity index (χ1v) is 11.8. The average Bonchev–Trinajstić information content (AvgIpc) is 3.15. The lowest BCUT2D eigenvalue weighted by Gasteiger charge is -2.25. The maximum Gasteiger partial charge on any atom is 0.344 e. The number of hydrogen-bond acceptors (Lipinski definition) is 7. The zero-order chi connectivity index (χ0) is 23.6. The summed E-state index contributed by atoms with van der Waals surface area (Å²) in [6.45, 7) is 4.26. The Morgan fingerprint density at radius 3 is 2.76 bits per heavy atom. The third-order valence-corrected chi connectivity index (χ3v) is 6.01. The molecule has 1 heterocycles. The summed E-state index contributed by atoms with van der Waals surface area (Å²) in [6.07, 6.45) is 0.638. The summed E-state index contributed by atoms with van der Waals surface area (Å²) in [5.74, 6) is 1.08. The van der Waals surface area contributed by atoms with Crippen molar-refractivity contribution in [3.05, 3.63) is 54.1 Å². The molecule has 2 aromatic carbocycles. The molecule has 9 heteroatoms. The van der Waals surface area contributed by atoms with E-state index in [1.165, 1.54) is 18.7 Å². The lowest BCUT2D eigenvalue weighted by Crippen LogP contribution is -2.30. The first kappa shape index (κ1) is 24.4. The van der Waals surface area contributed by atoms with Gasteiger partial charge in [0.05, 0.1) is 19.0 Å². The van der Waals surface area contributed by atoms with Crippen LogP contribution < -0.4 is 14.8 Å².